The minimum absolute atomic E-state index is 0.190. The number of unbranched alkanes of at least 4 members (excludes halogenated alkanes) is 7. The number of hydrogen-bond donors (Lipinski definition) is 0. The van der Waals surface area contributed by atoms with Gasteiger partial charge in [-0.15, -0.1) is 0 Å². The van der Waals surface area contributed by atoms with Crippen LogP contribution >= 0.6 is 0 Å². The van der Waals surface area contributed by atoms with E-state index in [1.807, 2.05) is 54.6 Å². The largest absolute Gasteiger partial charge is 0.491 e. The highest BCUT2D eigenvalue weighted by Gasteiger charge is 2.13. The standard InChI is InChI=1S/C40H50O6S/c1-4-5-6-7-8-9-10-11-32-47(42,43)39-26-22-37(23-27-39)19-17-35-14-12-34(13-15-35)16-18-36-20-24-38(25-21-36)45-30-28-44-29-31-46-40(41)33(2)3/h12-27H,2,4-11,28-32H2,1,3H3/b18-16+,19-17+. The molecule has 0 unspecified atom stereocenters. The van der Waals surface area contributed by atoms with Crippen LogP contribution < -0.4 is 4.74 Å². The number of hydrogen-bond acceptors (Lipinski definition) is 6. The van der Waals surface area contributed by atoms with Gasteiger partial charge in [0.1, 0.15) is 19.0 Å². The summed E-state index contributed by atoms with van der Waals surface area (Å²) in [6, 6.07) is 23.2. The van der Waals surface area contributed by atoms with Gasteiger partial charge in [0.05, 0.1) is 23.9 Å². The average Bonchev–Trinajstić information content (AvgIpc) is 3.08. The van der Waals surface area contributed by atoms with Gasteiger partial charge in [-0.2, -0.15) is 0 Å². The van der Waals surface area contributed by atoms with Crippen molar-refractivity contribution in [2.24, 2.45) is 0 Å². The van der Waals surface area contributed by atoms with E-state index in [4.69, 9.17) is 14.2 Å². The van der Waals surface area contributed by atoms with Crippen molar-refractivity contribution < 1.29 is 27.4 Å². The smallest absolute Gasteiger partial charge is 0.333 e. The van der Waals surface area contributed by atoms with Crippen LogP contribution in [0, 0.1) is 0 Å². The SMILES string of the molecule is C=C(C)C(=O)OCCOCCOc1ccc(/C=C/c2ccc(/C=C/c3ccc(S(=O)(=O)CCCCCCCCCC)cc3)cc2)cc1. The molecule has 0 atom stereocenters. The Bertz CT molecular complexity index is 1520. The predicted molar refractivity (Wildman–Crippen MR) is 194 cm³/mol. The summed E-state index contributed by atoms with van der Waals surface area (Å²) >= 11 is 0. The first-order valence-corrected chi connectivity index (χ1v) is 18.3. The fourth-order valence-corrected chi connectivity index (χ4v) is 6.12. The van der Waals surface area contributed by atoms with Gasteiger partial charge in [0.25, 0.3) is 0 Å². The van der Waals surface area contributed by atoms with Gasteiger partial charge < -0.3 is 14.2 Å². The Kier molecular flexibility index (Phi) is 16.8. The lowest BCUT2D eigenvalue weighted by atomic mass is 10.1. The molecular weight excluding hydrogens is 609 g/mol. The maximum atomic E-state index is 12.7. The van der Waals surface area contributed by atoms with E-state index >= 15 is 0 Å². The summed E-state index contributed by atoms with van der Waals surface area (Å²) < 4.78 is 41.6. The van der Waals surface area contributed by atoms with Gasteiger partial charge in [0, 0.05) is 5.57 Å². The molecule has 0 spiro atoms. The van der Waals surface area contributed by atoms with Crippen LogP contribution in [-0.2, 0) is 24.1 Å². The Labute approximate surface area is 282 Å². The summed E-state index contributed by atoms with van der Waals surface area (Å²) in [5.41, 5.74) is 4.53. The molecule has 0 radical (unpaired) electrons. The Balaban J connectivity index is 1.37. The Morgan fingerprint density at radius 3 is 1.60 bits per heavy atom. The summed E-state index contributed by atoms with van der Waals surface area (Å²) in [7, 11) is -3.24. The zero-order valence-electron chi connectivity index (χ0n) is 28.0. The van der Waals surface area contributed by atoms with E-state index in [1.54, 1.807) is 19.1 Å². The number of carbonyl (C=O) groups is 1. The lowest BCUT2D eigenvalue weighted by Gasteiger charge is -2.08. The topological polar surface area (TPSA) is 78.9 Å². The highest BCUT2D eigenvalue weighted by atomic mass is 32.2. The molecule has 3 rings (SSSR count). The molecule has 0 aliphatic rings. The van der Waals surface area contributed by atoms with Crippen molar-refractivity contribution in [2.45, 2.75) is 70.1 Å². The number of sulfone groups is 1. The van der Waals surface area contributed by atoms with Crippen LogP contribution in [0.2, 0.25) is 0 Å². The van der Waals surface area contributed by atoms with E-state index in [0.717, 1.165) is 47.3 Å². The van der Waals surface area contributed by atoms with Crippen molar-refractivity contribution in [1.82, 2.24) is 0 Å². The lowest BCUT2D eigenvalue weighted by molar-refractivity contribution is -0.140. The van der Waals surface area contributed by atoms with Crippen LogP contribution in [0.3, 0.4) is 0 Å². The molecule has 0 heterocycles. The van der Waals surface area contributed by atoms with E-state index < -0.39 is 15.8 Å². The van der Waals surface area contributed by atoms with E-state index in [0.29, 0.717) is 30.3 Å². The Morgan fingerprint density at radius 1 is 0.638 bits per heavy atom. The second-order valence-electron chi connectivity index (χ2n) is 11.6. The minimum atomic E-state index is -3.24. The van der Waals surface area contributed by atoms with Crippen LogP contribution in [0.25, 0.3) is 24.3 Å². The summed E-state index contributed by atoms with van der Waals surface area (Å²) in [5, 5.41) is 0. The first-order valence-electron chi connectivity index (χ1n) is 16.7. The third-order valence-corrected chi connectivity index (χ3v) is 9.38. The molecular formula is C40H50O6S. The second-order valence-corrected chi connectivity index (χ2v) is 13.8. The highest BCUT2D eigenvalue weighted by molar-refractivity contribution is 7.91. The number of carbonyl (C=O) groups excluding carboxylic acids is 1. The zero-order chi connectivity index (χ0) is 33.7. The maximum Gasteiger partial charge on any atom is 0.333 e. The molecule has 0 saturated carbocycles. The summed E-state index contributed by atoms with van der Waals surface area (Å²) in [4.78, 5) is 11.7. The van der Waals surface area contributed by atoms with Gasteiger partial charge in [-0.05, 0) is 59.9 Å². The van der Waals surface area contributed by atoms with Crippen molar-refractivity contribution in [2.75, 3.05) is 32.2 Å². The van der Waals surface area contributed by atoms with Gasteiger partial charge in [-0.3, -0.25) is 0 Å². The van der Waals surface area contributed by atoms with Gasteiger partial charge in [0.2, 0.25) is 0 Å². The van der Waals surface area contributed by atoms with Gasteiger partial charge in [-0.1, -0.05) is 131 Å². The molecule has 47 heavy (non-hydrogen) atoms. The molecule has 3 aromatic rings. The van der Waals surface area contributed by atoms with E-state index in [2.05, 4.69) is 43.8 Å². The number of rotatable bonds is 22. The maximum absolute atomic E-state index is 12.7. The fourth-order valence-electron chi connectivity index (χ4n) is 4.75. The quantitative estimate of drug-likeness (QED) is 0.0463. The Hall–Kier alpha value is -3.94. The molecule has 0 bridgehead atoms. The van der Waals surface area contributed by atoms with Crippen molar-refractivity contribution in [3.63, 3.8) is 0 Å². The first-order chi connectivity index (χ1) is 22.8. The van der Waals surface area contributed by atoms with Crippen LogP contribution in [-0.4, -0.2) is 46.6 Å². The normalized spacial score (nSPS) is 11.7. The summed E-state index contributed by atoms with van der Waals surface area (Å²) in [5.74, 6) is 0.558. The van der Waals surface area contributed by atoms with Crippen LogP contribution in [0.4, 0.5) is 0 Å². The highest BCUT2D eigenvalue weighted by Crippen LogP contribution is 2.18. The van der Waals surface area contributed by atoms with E-state index in [1.165, 1.54) is 32.1 Å². The molecule has 0 saturated heterocycles. The molecule has 0 aliphatic carbocycles. The lowest BCUT2D eigenvalue weighted by Crippen LogP contribution is -2.13. The number of benzene rings is 3. The second kappa shape index (κ2) is 21.0. The van der Waals surface area contributed by atoms with Gasteiger partial charge in [0.15, 0.2) is 9.84 Å². The minimum Gasteiger partial charge on any atom is -0.491 e. The number of esters is 1. The molecule has 0 N–H and O–H groups in total. The van der Waals surface area contributed by atoms with E-state index in [-0.39, 0.29) is 12.4 Å². The third kappa shape index (κ3) is 15.0. The zero-order valence-corrected chi connectivity index (χ0v) is 28.8. The Morgan fingerprint density at radius 2 is 1.09 bits per heavy atom. The number of ether oxygens (including phenoxy) is 3. The van der Waals surface area contributed by atoms with Crippen LogP contribution in [0.1, 0.15) is 87.5 Å². The van der Waals surface area contributed by atoms with Crippen molar-refractivity contribution in [3.8, 4) is 5.75 Å². The predicted octanol–water partition coefficient (Wildman–Crippen LogP) is 9.46. The van der Waals surface area contributed by atoms with Crippen LogP contribution in [0.5, 0.6) is 5.75 Å². The third-order valence-electron chi connectivity index (χ3n) is 7.56. The summed E-state index contributed by atoms with van der Waals surface area (Å²) in [6.07, 6.45) is 17.2. The molecule has 7 heteroatoms. The van der Waals surface area contributed by atoms with E-state index in [9.17, 15) is 13.2 Å². The first kappa shape index (κ1) is 37.5. The van der Waals surface area contributed by atoms with Gasteiger partial charge in [-0.25, -0.2) is 13.2 Å². The average molecular weight is 659 g/mol. The van der Waals surface area contributed by atoms with Crippen molar-refractivity contribution in [3.05, 3.63) is 107 Å². The van der Waals surface area contributed by atoms with Crippen molar-refractivity contribution >= 4 is 40.1 Å². The fraction of sp³-hybridized carbons (Fsp3) is 0.375. The summed E-state index contributed by atoms with van der Waals surface area (Å²) in [6.45, 7) is 8.65. The van der Waals surface area contributed by atoms with Crippen molar-refractivity contribution in [1.29, 1.82) is 0 Å². The molecule has 6 nitrogen and oxygen atoms in total. The molecule has 3 aromatic carbocycles. The molecule has 0 aromatic heterocycles. The van der Waals surface area contributed by atoms with Crippen LogP contribution in [0.15, 0.2) is 89.8 Å². The molecule has 252 valence electrons. The molecule has 0 aliphatic heterocycles. The molecule has 0 amide bonds. The monoisotopic (exact) mass is 658 g/mol. The van der Waals surface area contributed by atoms with Gasteiger partial charge >= 0.3 is 5.97 Å². The molecule has 0 fully saturated rings.